The van der Waals surface area contributed by atoms with Gasteiger partial charge in [0.2, 0.25) is 5.82 Å². The van der Waals surface area contributed by atoms with Crippen molar-refractivity contribution in [3.63, 3.8) is 0 Å². The van der Waals surface area contributed by atoms with E-state index in [2.05, 4.69) is 10.2 Å². The van der Waals surface area contributed by atoms with Gasteiger partial charge in [0.25, 0.3) is 0 Å². The summed E-state index contributed by atoms with van der Waals surface area (Å²) in [6, 6.07) is 0. The maximum atomic E-state index is 10.4. The van der Waals surface area contributed by atoms with E-state index in [1.54, 1.807) is 0 Å². The zero-order chi connectivity index (χ0) is 7.72. The lowest BCUT2D eigenvalue weighted by Gasteiger charge is -1.84. The Morgan fingerprint density at radius 1 is 1.50 bits per heavy atom. The number of carbonyl (C=O) groups is 1. The summed E-state index contributed by atoms with van der Waals surface area (Å²) < 4.78 is 0. The zero-order valence-corrected chi connectivity index (χ0v) is 4.64. The predicted molar refractivity (Wildman–Crippen MR) is 28.1 cm³/mol. The summed E-state index contributed by atoms with van der Waals surface area (Å²) in [6.45, 7) is 0. The Morgan fingerprint density at radius 3 is 2.30 bits per heavy atom. The highest BCUT2D eigenvalue weighted by atomic mass is 16.6. The van der Waals surface area contributed by atoms with Gasteiger partial charge in [-0.05, 0) is 0 Å². The number of carbonyl (C=O) groups excluding carboxylic acids is 1. The molecule has 7 heteroatoms. The number of hydrogen-bond donors (Lipinski definition) is 1. The van der Waals surface area contributed by atoms with Gasteiger partial charge >= 0.3 is 11.6 Å². The summed E-state index contributed by atoms with van der Waals surface area (Å²) in [5, 5.41) is 15.8. The van der Waals surface area contributed by atoms with Crippen molar-refractivity contribution in [2.45, 2.75) is 0 Å². The molecule has 0 aromatic rings. The first kappa shape index (κ1) is 6.33. The van der Waals surface area contributed by atoms with Crippen molar-refractivity contribution in [3.05, 3.63) is 21.6 Å². The summed E-state index contributed by atoms with van der Waals surface area (Å²) >= 11 is 0. The van der Waals surface area contributed by atoms with Gasteiger partial charge in [-0.15, -0.1) is 5.11 Å². The second-order valence-electron chi connectivity index (χ2n) is 1.50. The topological polar surface area (TPSA) is 111 Å². The SMILES string of the molecule is NC1=C([N+](=O)[O-])C(=O)N=N1. The Bertz CT molecular complexity index is 265. The minimum Gasteiger partial charge on any atom is -0.376 e. The van der Waals surface area contributed by atoms with E-state index >= 15 is 0 Å². The van der Waals surface area contributed by atoms with Crippen molar-refractivity contribution in [2.75, 3.05) is 0 Å². The second-order valence-corrected chi connectivity index (χ2v) is 1.50. The molecule has 1 rings (SSSR count). The third kappa shape index (κ3) is 0.729. The van der Waals surface area contributed by atoms with Gasteiger partial charge in [0.1, 0.15) is 0 Å². The Morgan fingerprint density at radius 2 is 2.10 bits per heavy atom. The Balaban J connectivity index is 3.08. The summed E-state index contributed by atoms with van der Waals surface area (Å²) in [7, 11) is 0. The highest BCUT2D eigenvalue weighted by molar-refractivity contribution is 5.93. The largest absolute Gasteiger partial charge is 0.380 e. The third-order valence-corrected chi connectivity index (χ3v) is 0.876. The van der Waals surface area contributed by atoms with Crippen LogP contribution in [0.5, 0.6) is 0 Å². The van der Waals surface area contributed by atoms with Gasteiger partial charge in [0, 0.05) is 0 Å². The van der Waals surface area contributed by atoms with Gasteiger partial charge in [-0.2, -0.15) is 0 Å². The van der Waals surface area contributed by atoms with E-state index < -0.39 is 22.3 Å². The molecule has 0 unspecified atom stereocenters. The van der Waals surface area contributed by atoms with Crippen molar-refractivity contribution in [2.24, 2.45) is 16.0 Å². The first-order chi connectivity index (χ1) is 4.63. The monoisotopic (exact) mass is 142 g/mol. The van der Waals surface area contributed by atoms with Gasteiger partial charge in [0.15, 0.2) is 0 Å². The summed E-state index contributed by atoms with van der Waals surface area (Å²) in [5.41, 5.74) is 4.18. The molecule has 0 aromatic heterocycles. The fourth-order valence-electron chi connectivity index (χ4n) is 0.475. The van der Waals surface area contributed by atoms with E-state index in [0.717, 1.165) is 0 Å². The smallest absolute Gasteiger partial charge is 0.376 e. The molecule has 1 amide bonds. The van der Waals surface area contributed by atoms with E-state index in [4.69, 9.17) is 5.73 Å². The molecule has 10 heavy (non-hydrogen) atoms. The van der Waals surface area contributed by atoms with Crippen LogP contribution in [0, 0.1) is 10.1 Å². The fraction of sp³-hybridized carbons (Fsp3) is 0. The molecule has 0 aliphatic carbocycles. The highest BCUT2D eigenvalue weighted by Crippen LogP contribution is 2.11. The lowest BCUT2D eigenvalue weighted by molar-refractivity contribution is -0.419. The number of nitrogens with two attached hydrogens (primary N) is 1. The molecule has 0 saturated carbocycles. The molecule has 1 aliphatic rings. The van der Waals surface area contributed by atoms with Crippen molar-refractivity contribution >= 4 is 5.91 Å². The fourth-order valence-corrected chi connectivity index (χ4v) is 0.475. The number of amides is 1. The van der Waals surface area contributed by atoms with E-state index in [9.17, 15) is 14.9 Å². The van der Waals surface area contributed by atoms with Crippen LogP contribution in [0.2, 0.25) is 0 Å². The molecule has 0 bridgehead atoms. The minimum absolute atomic E-state index is 0.435. The molecule has 0 fully saturated rings. The van der Waals surface area contributed by atoms with Gasteiger partial charge in [-0.1, -0.05) is 5.11 Å². The number of hydrogen-bond acceptors (Lipinski definition) is 5. The van der Waals surface area contributed by atoms with Crippen LogP contribution in [-0.4, -0.2) is 10.8 Å². The molecular weight excluding hydrogens is 140 g/mol. The second kappa shape index (κ2) is 1.87. The zero-order valence-electron chi connectivity index (χ0n) is 4.64. The molecule has 0 atom stereocenters. The van der Waals surface area contributed by atoms with Crippen molar-refractivity contribution in [1.82, 2.24) is 0 Å². The van der Waals surface area contributed by atoms with Gasteiger partial charge in [0.05, 0.1) is 4.92 Å². The van der Waals surface area contributed by atoms with E-state index in [1.807, 2.05) is 0 Å². The summed E-state index contributed by atoms with van der Waals surface area (Å²) in [6.07, 6.45) is 0. The third-order valence-electron chi connectivity index (χ3n) is 0.876. The molecule has 0 spiro atoms. The van der Waals surface area contributed by atoms with Crippen molar-refractivity contribution in [3.8, 4) is 0 Å². The minimum atomic E-state index is -0.998. The molecule has 0 radical (unpaired) electrons. The van der Waals surface area contributed by atoms with E-state index in [-0.39, 0.29) is 0 Å². The standard InChI is InChI=1S/C3H2N4O3/c4-2-1(7(9)10)3(8)6-5-2/h4H2. The van der Waals surface area contributed by atoms with Crippen LogP contribution in [0.4, 0.5) is 0 Å². The van der Waals surface area contributed by atoms with E-state index in [1.165, 1.54) is 0 Å². The van der Waals surface area contributed by atoms with Crippen LogP contribution < -0.4 is 5.73 Å². The molecule has 7 nitrogen and oxygen atoms in total. The van der Waals surface area contributed by atoms with Crippen molar-refractivity contribution < 1.29 is 9.72 Å². The van der Waals surface area contributed by atoms with Crippen LogP contribution in [0.1, 0.15) is 0 Å². The molecule has 52 valence electrons. The van der Waals surface area contributed by atoms with Crippen LogP contribution >= 0.6 is 0 Å². The van der Waals surface area contributed by atoms with Crippen LogP contribution in [0.25, 0.3) is 0 Å². The van der Waals surface area contributed by atoms with Crippen LogP contribution in [-0.2, 0) is 4.79 Å². The maximum Gasteiger partial charge on any atom is 0.380 e. The van der Waals surface area contributed by atoms with E-state index in [0.29, 0.717) is 0 Å². The van der Waals surface area contributed by atoms with Gasteiger partial charge in [-0.25, -0.2) is 0 Å². The first-order valence-electron chi connectivity index (χ1n) is 2.23. The van der Waals surface area contributed by atoms with Crippen molar-refractivity contribution in [1.29, 1.82) is 0 Å². The molecule has 1 aliphatic heterocycles. The normalized spacial score (nSPS) is 16.6. The summed E-state index contributed by atoms with van der Waals surface area (Å²) in [5.74, 6) is -1.43. The summed E-state index contributed by atoms with van der Waals surface area (Å²) in [4.78, 5) is 19.4. The number of azo groups is 1. The van der Waals surface area contributed by atoms with Gasteiger partial charge in [-0.3, -0.25) is 14.9 Å². The average molecular weight is 142 g/mol. The average Bonchev–Trinajstić information content (AvgIpc) is 2.11. The lowest BCUT2D eigenvalue weighted by atomic mass is 10.4. The van der Waals surface area contributed by atoms with Crippen LogP contribution in [0.15, 0.2) is 21.7 Å². The van der Waals surface area contributed by atoms with Gasteiger partial charge < -0.3 is 5.73 Å². The Hall–Kier alpha value is -1.79. The Kier molecular flexibility index (Phi) is 1.18. The maximum absolute atomic E-state index is 10.4. The molecule has 0 saturated heterocycles. The van der Waals surface area contributed by atoms with Crippen LogP contribution in [0.3, 0.4) is 0 Å². The lowest BCUT2D eigenvalue weighted by Crippen LogP contribution is -2.10. The first-order valence-corrected chi connectivity index (χ1v) is 2.23. The number of nitrogens with zero attached hydrogens (tertiary/aromatic N) is 3. The molecule has 0 aromatic carbocycles. The molecule has 2 N–H and O–H groups in total. The molecular formula is C3H2N4O3. The molecule has 1 heterocycles. The predicted octanol–water partition coefficient (Wildman–Crippen LogP) is -0.617. The Labute approximate surface area is 54.4 Å². The number of rotatable bonds is 1. The highest BCUT2D eigenvalue weighted by Gasteiger charge is 2.31. The quantitative estimate of drug-likeness (QED) is 0.388. The number of nitro groups is 1.